The molecule has 2 aromatic heterocycles. The Balaban J connectivity index is 1.32. The van der Waals surface area contributed by atoms with Crippen LogP contribution >= 0.6 is 11.3 Å². The highest BCUT2D eigenvalue weighted by atomic mass is 32.1. The zero-order valence-electron chi connectivity index (χ0n) is 16.3. The van der Waals surface area contributed by atoms with E-state index >= 15 is 0 Å². The van der Waals surface area contributed by atoms with Gasteiger partial charge in [-0.25, -0.2) is 14.8 Å². The van der Waals surface area contributed by atoms with Crippen molar-refractivity contribution in [2.45, 2.75) is 0 Å². The molecule has 0 unspecified atom stereocenters. The number of nitro groups is 1. The molecule has 0 saturated carbocycles. The summed E-state index contributed by atoms with van der Waals surface area (Å²) in [5, 5.41) is 15.4. The molecule has 0 fully saturated rings. The lowest BCUT2D eigenvalue weighted by Gasteiger charge is -2.05. The molecular weight excluding hydrogens is 434 g/mol. The van der Waals surface area contributed by atoms with Crippen LogP contribution in [-0.4, -0.2) is 38.4 Å². The van der Waals surface area contributed by atoms with Gasteiger partial charge < -0.3 is 9.72 Å². The van der Waals surface area contributed by atoms with Gasteiger partial charge in [0.25, 0.3) is 11.6 Å². The third kappa shape index (κ3) is 4.84. The SMILES string of the molecule is O=C(COC(=O)c1ccc(-c2ncc[nH]2)cc1)Nc1nc(-c2cccc([N+](=O)[O-])c2)cs1. The molecule has 2 aromatic carbocycles. The van der Waals surface area contributed by atoms with E-state index in [1.807, 2.05) is 0 Å². The van der Waals surface area contributed by atoms with Crippen molar-refractivity contribution in [1.82, 2.24) is 15.0 Å². The number of H-pyrrole nitrogens is 1. The number of benzene rings is 2. The number of ether oxygens (including phenoxy) is 1. The number of non-ortho nitro benzene ring substituents is 1. The normalized spacial score (nSPS) is 10.5. The van der Waals surface area contributed by atoms with E-state index in [-0.39, 0.29) is 10.8 Å². The van der Waals surface area contributed by atoms with Crippen LogP contribution in [0.25, 0.3) is 22.6 Å². The zero-order chi connectivity index (χ0) is 22.5. The summed E-state index contributed by atoms with van der Waals surface area (Å²) >= 11 is 1.16. The highest BCUT2D eigenvalue weighted by Gasteiger charge is 2.14. The number of amides is 1. The summed E-state index contributed by atoms with van der Waals surface area (Å²) in [6.45, 7) is -0.482. The standard InChI is InChI=1S/C21H15N5O5S/c27-18(11-31-20(28)14-6-4-13(5-7-14)19-22-8-9-23-19)25-21-24-17(12-32-21)15-2-1-3-16(10-15)26(29)30/h1-10,12H,11H2,(H,22,23)(H,24,25,27). The first-order valence-electron chi connectivity index (χ1n) is 9.27. The lowest BCUT2D eigenvalue weighted by molar-refractivity contribution is -0.384. The Morgan fingerprint density at radius 2 is 1.97 bits per heavy atom. The number of imidazole rings is 1. The predicted octanol–water partition coefficient (Wildman–Crippen LogP) is 3.90. The molecule has 0 bridgehead atoms. The van der Waals surface area contributed by atoms with Crippen molar-refractivity contribution < 1.29 is 19.2 Å². The van der Waals surface area contributed by atoms with E-state index in [4.69, 9.17) is 4.74 Å². The number of thiazole rings is 1. The lowest BCUT2D eigenvalue weighted by atomic mass is 10.1. The Labute approximate surface area is 185 Å². The third-order valence-electron chi connectivity index (χ3n) is 4.33. The molecule has 0 aliphatic rings. The summed E-state index contributed by atoms with van der Waals surface area (Å²) in [6.07, 6.45) is 3.33. The van der Waals surface area contributed by atoms with Crippen molar-refractivity contribution in [3.63, 3.8) is 0 Å². The summed E-state index contributed by atoms with van der Waals surface area (Å²) in [4.78, 5) is 46.1. The maximum absolute atomic E-state index is 12.2. The van der Waals surface area contributed by atoms with Crippen LogP contribution in [0.1, 0.15) is 10.4 Å². The van der Waals surface area contributed by atoms with E-state index in [0.717, 1.165) is 16.9 Å². The first kappa shape index (κ1) is 20.9. The average Bonchev–Trinajstić information content (AvgIpc) is 3.50. The fourth-order valence-corrected chi connectivity index (χ4v) is 3.54. The van der Waals surface area contributed by atoms with E-state index in [1.54, 1.807) is 54.2 Å². The van der Waals surface area contributed by atoms with Gasteiger partial charge in [0.15, 0.2) is 11.7 Å². The van der Waals surface area contributed by atoms with Crippen molar-refractivity contribution in [1.29, 1.82) is 0 Å². The van der Waals surface area contributed by atoms with E-state index in [0.29, 0.717) is 22.6 Å². The number of hydrogen-bond donors (Lipinski definition) is 2. The van der Waals surface area contributed by atoms with Crippen LogP contribution in [0.3, 0.4) is 0 Å². The number of nitro benzene ring substituents is 1. The van der Waals surface area contributed by atoms with Crippen LogP contribution < -0.4 is 5.32 Å². The fourth-order valence-electron chi connectivity index (χ4n) is 2.80. The molecule has 0 atom stereocenters. The molecule has 2 N–H and O–H groups in total. The van der Waals surface area contributed by atoms with Crippen LogP contribution in [0.4, 0.5) is 10.8 Å². The van der Waals surface area contributed by atoms with E-state index in [2.05, 4.69) is 20.3 Å². The van der Waals surface area contributed by atoms with Gasteiger partial charge >= 0.3 is 5.97 Å². The van der Waals surface area contributed by atoms with Gasteiger partial charge in [0.05, 0.1) is 16.2 Å². The van der Waals surface area contributed by atoms with Crippen molar-refractivity contribution in [2.75, 3.05) is 11.9 Å². The lowest BCUT2D eigenvalue weighted by Crippen LogP contribution is -2.20. The number of aromatic amines is 1. The first-order chi connectivity index (χ1) is 15.5. The van der Waals surface area contributed by atoms with Crippen molar-refractivity contribution in [3.8, 4) is 22.6 Å². The minimum atomic E-state index is -0.637. The monoisotopic (exact) mass is 449 g/mol. The highest BCUT2D eigenvalue weighted by Crippen LogP contribution is 2.27. The van der Waals surface area contributed by atoms with Gasteiger partial charge in [-0.3, -0.25) is 20.2 Å². The summed E-state index contributed by atoms with van der Waals surface area (Å²) in [6, 6.07) is 12.7. The number of carbonyl (C=O) groups excluding carboxylic acids is 2. The van der Waals surface area contributed by atoms with Gasteiger partial charge in [-0.15, -0.1) is 11.3 Å². The number of aromatic nitrogens is 3. The molecule has 0 radical (unpaired) electrons. The maximum atomic E-state index is 12.2. The number of rotatable bonds is 7. The van der Waals surface area contributed by atoms with Crippen LogP contribution in [0, 0.1) is 10.1 Å². The molecule has 10 nitrogen and oxygen atoms in total. The second-order valence-electron chi connectivity index (χ2n) is 6.48. The topological polar surface area (TPSA) is 140 Å². The molecule has 0 saturated heterocycles. The highest BCUT2D eigenvalue weighted by molar-refractivity contribution is 7.14. The molecular formula is C21H15N5O5S. The Morgan fingerprint density at radius 1 is 1.16 bits per heavy atom. The van der Waals surface area contributed by atoms with Gasteiger partial charge in [0, 0.05) is 41.0 Å². The Bertz CT molecular complexity index is 1270. The zero-order valence-corrected chi connectivity index (χ0v) is 17.2. The molecule has 0 aliphatic heterocycles. The van der Waals surface area contributed by atoms with E-state index < -0.39 is 23.4 Å². The minimum absolute atomic E-state index is 0.0507. The van der Waals surface area contributed by atoms with Crippen molar-refractivity contribution >= 4 is 34.0 Å². The summed E-state index contributed by atoms with van der Waals surface area (Å²) < 4.78 is 5.05. The summed E-state index contributed by atoms with van der Waals surface area (Å²) in [5.74, 6) is -0.509. The second-order valence-corrected chi connectivity index (χ2v) is 7.34. The number of nitrogens with one attached hydrogen (secondary N) is 2. The smallest absolute Gasteiger partial charge is 0.338 e. The second kappa shape index (κ2) is 9.18. The van der Waals surface area contributed by atoms with Crippen LogP contribution in [-0.2, 0) is 9.53 Å². The summed E-state index contributed by atoms with van der Waals surface area (Å²) in [7, 11) is 0. The first-order valence-corrected chi connectivity index (χ1v) is 10.1. The number of carbonyl (C=O) groups is 2. The maximum Gasteiger partial charge on any atom is 0.338 e. The molecule has 0 spiro atoms. The van der Waals surface area contributed by atoms with Crippen LogP contribution in [0.15, 0.2) is 66.3 Å². The predicted molar refractivity (Wildman–Crippen MR) is 117 cm³/mol. The van der Waals surface area contributed by atoms with Gasteiger partial charge in [-0.2, -0.15) is 0 Å². The molecule has 1 amide bonds. The number of nitrogens with zero attached hydrogens (tertiary/aromatic N) is 3. The molecule has 160 valence electrons. The van der Waals surface area contributed by atoms with Crippen molar-refractivity contribution in [3.05, 3.63) is 82.0 Å². The molecule has 0 aliphatic carbocycles. The third-order valence-corrected chi connectivity index (χ3v) is 5.09. The van der Waals surface area contributed by atoms with E-state index in [1.165, 1.54) is 12.1 Å². The Kier molecular flexibility index (Phi) is 5.99. The van der Waals surface area contributed by atoms with Gasteiger partial charge in [0.1, 0.15) is 5.82 Å². The quantitative estimate of drug-likeness (QED) is 0.248. The minimum Gasteiger partial charge on any atom is -0.452 e. The number of anilines is 1. The molecule has 32 heavy (non-hydrogen) atoms. The number of esters is 1. The average molecular weight is 449 g/mol. The Morgan fingerprint density at radius 3 is 2.69 bits per heavy atom. The Hall–Kier alpha value is -4.38. The fraction of sp³-hybridized carbons (Fsp3) is 0.0476. The van der Waals surface area contributed by atoms with Crippen LogP contribution in [0.2, 0.25) is 0 Å². The molecule has 2 heterocycles. The van der Waals surface area contributed by atoms with E-state index in [9.17, 15) is 19.7 Å². The largest absolute Gasteiger partial charge is 0.452 e. The summed E-state index contributed by atoms with van der Waals surface area (Å²) in [5.41, 5.74) is 2.11. The van der Waals surface area contributed by atoms with Crippen LogP contribution in [0.5, 0.6) is 0 Å². The van der Waals surface area contributed by atoms with Gasteiger partial charge in [0.2, 0.25) is 0 Å². The molecule has 11 heteroatoms. The van der Waals surface area contributed by atoms with Crippen molar-refractivity contribution in [2.24, 2.45) is 0 Å². The molecule has 4 aromatic rings. The molecule has 4 rings (SSSR count). The number of hydrogen-bond acceptors (Lipinski definition) is 8. The van der Waals surface area contributed by atoms with Gasteiger partial charge in [-0.05, 0) is 12.1 Å². The van der Waals surface area contributed by atoms with Gasteiger partial charge in [-0.1, -0.05) is 24.3 Å².